The Labute approximate surface area is 137 Å². The van der Waals surface area contributed by atoms with Crippen molar-refractivity contribution in [2.24, 2.45) is 5.92 Å². The number of nitrogens with two attached hydrogens (primary N) is 1. The molecule has 2 rings (SSSR count). The van der Waals surface area contributed by atoms with Crippen molar-refractivity contribution >= 4 is 11.6 Å². The quantitative estimate of drug-likeness (QED) is 0.860. The van der Waals surface area contributed by atoms with Gasteiger partial charge in [0.2, 0.25) is 0 Å². The van der Waals surface area contributed by atoms with Crippen LogP contribution in [-0.4, -0.2) is 12.5 Å². The van der Waals surface area contributed by atoms with E-state index in [4.69, 9.17) is 5.26 Å². The van der Waals surface area contributed by atoms with Crippen molar-refractivity contribution in [2.45, 2.75) is 19.9 Å². The Balaban J connectivity index is 1.92. The standard InChI is InChI=1S/C19H21N3O/c1-14(2)19(16-6-4-3-5-7-16)21-13-18(23)22-17-10-8-15(12-20)9-11-17/h3-11,14,19,21H,13H2,1-2H3,(H,22,23)/p+1/t19-/m0/s1. The van der Waals surface area contributed by atoms with E-state index in [-0.39, 0.29) is 11.9 Å². The van der Waals surface area contributed by atoms with Crippen molar-refractivity contribution in [1.29, 1.82) is 5.26 Å². The number of benzene rings is 2. The molecule has 0 unspecified atom stereocenters. The second-order valence-corrected chi connectivity index (χ2v) is 5.86. The second kappa shape index (κ2) is 8.11. The highest BCUT2D eigenvalue weighted by Crippen LogP contribution is 2.16. The number of carbonyl (C=O) groups excluding carboxylic acids is 1. The molecule has 0 aliphatic rings. The first kappa shape index (κ1) is 16.7. The van der Waals surface area contributed by atoms with Crippen molar-refractivity contribution in [3.8, 4) is 6.07 Å². The number of rotatable bonds is 6. The van der Waals surface area contributed by atoms with Gasteiger partial charge in [0.15, 0.2) is 6.54 Å². The summed E-state index contributed by atoms with van der Waals surface area (Å²) in [4.78, 5) is 12.1. The molecule has 4 nitrogen and oxygen atoms in total. The van der Waals surface area contributed by atoms with Gasteiger partial charge in [-0.15, -0.1) is 0 Å². The van der Waals surface area contributed by atoms with Gasteiger partial charge in [0.1, 0.15) is 6.04 Å². The summed E-state index contributed by atoms with van der Waals surface area (Å²) in [6.45, 7) is 4.68. The van der Waals surface area contributed by atoms with Gasteiger partial charge in [-0.3, -0.25) is 4.79 Å². The molecule has 1 atom stereocenters. The lowest BCUT2D eigenvalue weighted by Gasteiger charge is -2.19. The summed E-state index contributed by atoms with van der Waals surface area (Å²) >= 11 is 0. The molecule has 0 aliphatic heterocycles. The zero-order valence-electron chi connectivity index (χ0n) is 13.5. The van der Waals surface area contributed by atoms with Gasteiger partial charge in [-0.1, -0.05) is 44.2 Å². The van der Waals surface area contributed by atoms with Crippen molar-refractivity contribution in [2.75, 3.05) is 11.9 Å². The molecule has 0 radical (unpaired) electrons. The number of nitriles is 1. The van der Waals surface area contributed by atoms with E-state index in [1.807, 2.05) is 18.2 Å². The van der Waals surface area contributed by atoms with Crippen LogP contribution in [0.2, 0.25) is 0 Å². The van der Waals surface area contributed by atoms with Gasteiger partial charge >= 0.3 is 0 Å². The fourth-order valence-electron chi connectivity index (χ4n) is 2.54. The molecule has 4 heteroatoms. The summed E-state index contributed by atoms with van der Waals surface area (Å²) in [7, 11) is 0. The third-order valence-electron chi connectivity index (χ3n) is 3.76. The van der Waals surface area contributed by atoms with E-state index in [2.05, 4.69) is 42.7 Å². The lowest BCUT2D eigenvalue weighted by Crippen LogP contribution is -2.88. The van der Waals surface area contributed by atoms with Gasteiger partial charge in [-0.25, -0.2) is 0 Å². The number of amides is 1. The van der Waals surface area contributed by atoms with Crippen LogP contribution in [0.5, 0.6) is 0 Å². The van der Waals surface area contributed by atoms with E-state index < -0.39 is 0 Å². The highest BCUT2D eigenvalue weighted by Gasteiger charge is 2.20. The van der Waals surface area contributed by atoms with Crippen LogP contribution < -0.4 is 10.6 Å². The van der Waals surface area contributed by atoms with Crippen LogP contribution in [0.15, 0.2) is 54.6 Å². The molecule has 2 aromatic rings. The third kappa shape index (κ3) is 4.94. The largest absolute Gasteiger partial charge is 0.332 e. The molecular formula is C19H22N3O+. The molecule has 118 valence electrons. The summed E-state index contributed by atoms with van der Waals surface area (Å²) in [6.07, 6.45) is 0. The topological polar surface area (TPSA) is 69.5 Å². The zero-order valence-corrected chi connectivity index (χ0v) is 13.5. The van der Waals surface area contributed by atoms with Crippen LogP contribution in [0.4, 0.5) is 5.69 Å². The average molecular weight is 308 g/mol. The smallest absolute Gasteiger partial charge is 0.279 e. The van der Waals surface area contributed by atoms with Crippen LogP contribution in [0, 0.1) is 17.2 Å². The fraction of sp³-hybridized carbons (Fsp3) is 0.263. The molecule has 0 bridgehead atoms. The van der Waals surface area contributed by atoms with Crippen molar-refractivity contribution in [3.05, 3.63) is 65.7 Å². The van der Waals surface area contributed by atoms with Gasteiger partial charge in [0.05, 0.1) is 11.6 Å². The van der Waals surface area contributed by atoms with Crippen molar-refractivity contribution < 1.29 is 10.1 Å². The van der Waals surface area contributed by atoms with Gasteiger partial charge in [0, 0.05) is 17.2 Å². The van der Waals surface area contributed by atoms with E-state index in [1.165, 1.54) is 5.56 Å². The normalized spacial score (nSPS) is 11.7. The van der Waals surface area contributed by atoms with Crippen LogP contribution in [-0.2, 0) is 4.79 Å². The van der Waals surface area contributed by atoms with Gasteiger partial charge < -0.3 is 10.6 Å². The Bertz CT molecular complexity index is 672. The molecule has 2 aromatic carbocycles. The maximum Gasteiger partial charge on any atom is 0.279 e. The third-order valence-corrected chi connectivity index (χ3v) is 3.76. The summed E-state index contributed by atoms with van der Waals surface area (Å²) in [5, 5.41) is 13.7. The molecule has 0 saturated heterocycles. The highest BCUT2D eigenvalue weighted by molar-refractivity contribution is 5.91. The van der Waals surface area contributed by atoms with E-state index in [0.29, 0.717) is 23.7 Å². The molecule has 0 spiro atoms. The monoisotopic (exact) mass is 308 g/mol. The second-order valence-electron chi connectivity index (χ2n) is 5.86. The molecule has 0 fully saturated rings. The molecule has 23 heavy (non-hydrogen) atoms. The fourth-order valence-corrected chi connectivity index (χ4v) is 2.54. The van der Waals surface area contributed by atoms with Gasteiger partial charge in [-0.2, -0.15) is 5.26 Å². The molecule has 0 aromatic heterocycles. The number of nitrogens with one attached hydrogen (secondary N) is 1. The molecule has 0 heterocycles. The Morgan fingerprint density at radius 3 is 2.35 bits per heavy atom. The van der Waals surface area contributed by atoms with E-state index >= 15 is 0 Å². The maximum atomic E-state index is 12.1. The predicted molar refractivity (Wildman–Crippen MR) is 90.6 cm³/mol. The summed E-state index contributed by atoms with van der Waals surface area (Å²) in [6, 6.07) is 19.4. The molecule has 1 amide bonds. The Morgan fingerprint density at radius 1 is 1.13 bits per heavy atom. The number of quaternary nitrogens is 1. The minimum absolute atomic E-state index is 0.0451. The molecule has 0 aliphatic carbocycles. The number of nitrogens with zero attached hydrogens (tertiary/aromatic N) is 1. The van der Waals surface area contributed by atoms with Gasteiger partial charge in [-0.05, 0) is 24.3 Å². The van der Waals surface area contributed by atoms with E-state index in [0.717, 1.165) is 0 Å². The molecular weight excluding hydrogens is 286 g/mol. The van der Waals surface area contributed by atoms with Gasteiger partial charge in [0.25, 0.3) is 5.91 Å². The average Bonchev–Trinajstić information content (AvgIpc) is 2.56. The number of hydrogen-bond donors (Lipinski definition) is 2. The number of anilines is 1. The first-order chi connectivity index (χ1) is 11.1. The lowest BCUT2D eigenvalue weighted by atomic mass is 9.96. The predicted octanol–water partition coefficient (Wildman–Crippen LogP) is 2.46. The summed E-state index contributed by atoms with van der Waals surface area (Å²) < 4.78 is 0. The molecule has 0 saturated carbocycles. The summed E-state index contributed by atoms with van der Waals surface area (Å²) in [5.74, 6) is 0.386. The van der Waals surface area contributed by atoms with Crippen LogP contribution in [0.25, 0.3) is 0 Å². The molecule has 3 N–H and O–H groups in total. The lowest BCUT2D eigenvalue weighted by molar-refractivity contribution is -0.692. The maximum absolute atomic E-state index is 12.1. The van der Waals surface area contributed by atoms with Crippen molar-refractivity contribution in [3.63, 3.8) is 0 Å². The minimum Gasteiger partial charge on any atom is -0.332 e. The number of carbonyl (C=O) groups is 1. The Morgan fingerprint density at radius 2 is 1.78 bits per heavy atom. The van der Waals surface area contributed by atoms with Crippen LogP contribution in [0.3, 0.4) is 0 Å². The Hall–Kier alpha value is -2.64. The first-order valence-corrected chi connectivity index (χ1v) is 7.78. The summed E-state index contributed by atoms with van der Waals surface area (Å²) in [5.41, 5.74) is 2.52. The van der Waals surface area contributed by atoms with Crippen molar-refractivity contribution in [1.82, 2.24) is 0 Å². The van der Waals surface area contributed by atoms with E-state index in [9.17, 15) is 4.79 Å². The van der Waals surface area contributed by atoms with Crippen LogP contribution >= 0.6 is 0 Å². The SMILES string of the molecule is CC(C)[C@H]([NH2+]CC(=O)Nc1ccc(C#N)cc1)c1ccccc1. The van der Waals surface area contributed by atoms with E-state index in [1.54, 1.807) is 24.3 Å². The highest BCUT2D eigenvalue weighted by atomic mass is 16.1. The van der Waals surface area contributed by atoms with Crippen LogP contribution in [0.1, 0.15) is 31.0 Å². The Kier molecular flexibility index (Phi) is 5.90. The first-order valence-electron chi connectivity index (χ1n) is 7.78. The minimum atomic E-state index is -0.0451. The zero-order chi connectivity index (χ0) is 16.7. The number of hydrogen-bond acceptors (Lipinski definition) is 2.